The lowest BCUT2D eigenvalue weighted by Gasteiger charge is -2.12. The van der Waals surface area contributed by atoms with Gasteiger partial charge < -0.3 is 11.1 Å². The van der Waals surface area contributed by atoms with Crippen LogP contribution in [0.4, 0.5) is 0 Å². The Morgan fingerprint density at radius 2 is 2.08 bits per heavy atom. The molecule has 0 spiro atoms. The third-order valence-corrected chi connectivity index (χ3v) is 3.47. The molecule has 1 unspecified atom stereocenters. The van der Waals surface area contributed by atoms with Crippen molar-refractivity contribution in [1.82, 2.24) is 5.32 Å². The van der Waals surface area contributed by atoms with Crippen LogP contribution >= 0.6 is 0 Å². The summed E-state index contributed by atoms with van der Waals surface area (Å²) in [5.41, 5.74) is 5.26. The first-order valence-corrected chi connectivity index (χ1v) is 5.98. The average molecular weight is 194 g/mol. The summed E-state index contributed by atoms with van der Waals surface area (Å²) in [6, 6.07) is -0.00139. The molecule has 12 heavy (non-hydrogen) atoms. The number of rotatable bonds is 6. The molecule has 0 aromatic rings. The molecule has 0 rings (SSSR count). The van der Waals surface area contributed by atoms with E-state index in [9.17, 15) is 8.42 Å². The van der Waals surface area contributed by atoms with E-state index in [0.717, 1.165) is 0 Å². The van der Waals surface area contributed by atoms with Gasteiger partial charge in [-0.15, -0.1) is 0 Å². The van der Waals surface area contributed by atoms with Crippen LogP contribution in [0, 0.1) is 0 Å². The molecule has 0 saturated heterocycles. The maximum atomic E-state index is 11.1. The van der Waals surface area contributed by atoms with E-state index in [1.54, 1.807) is 6.92 Å². The summed E-state index contributed by atoms with van der Waals surface area (Å²) in [6.07, 6.45) is 0. The average Bonchev–Trinajstić information content (AvgIpc) is 2.00. The van der Waals surface area contributed by atoms with Crippen molar-refractivity contribution in [2.45, 2.75) is 19.9 Å². The molecule has 0 aliphatic heterocycles. The van der Waals surface area contributed by atoms with Gasteiger partial charge in [-0.2, -0.15) is 0 Å². The number of nitrogens with two attached hydrogens (primary N) is 1. The molecule has 74 valence electrons. The van der Waals surface area contributed by atoms with Crippen molar-refractivity contribution in [3.8, 4) is 0 Å². The molecule has 5 heteroatoms. The van der Waals surface area contributed by atoms with Gasteiger partial charge in [0.25, 0.3) is 0 Å². The van der Waals surface area contributed by atoms with E-state index in [1.165, 1.54) is 0 Å². The van der Waals surface area contributed by atoms with Crippen molar-refractivity contribution in [3.63, 3.8) is 0 Å². The molecular formula is C7H18N2O2S. The van der Waals surface area contributed by atoms with Gasteiger partial charge in [-0.3, -0.25) is 0 Å². The molecule has 0 aromatic carbocycles. The highest BCUT2D eigenvalue weighted by Gasteiger charge is 2.12. The molecular weight excluding hydrogens is 176 g/mol. The first-order chi connectivity index (χ1) is 5.52. The van der Waals surface area contributed by atoms with Gasteiger partial charge >= 0.3 is 0 Å². The highest BCUT2D eigenvalue weighted by atomic mass is 32.2. The summed E-state index contributed by atoms with van der Waals surface area (Å²) in [7, 11) is -2.85. The molecule has 0 aliphatic rings. The predicted octanol–water partition coefficient (Wildman–Crippen LogP) is -0.642. The van der Waals surface area contributed by atoms with Crippen molar-refractivity contribution in [2.75, 3.05) is 24.6 Å². The van der Waals surface area contributed by atoms with Crippen molar-refractivity contribution < 1.29 is 8.42 Å². The Kier molecular flexibility index (Phi) is 5.44. The normalized spacial score (nSPS) is 14.6. The first-order valence-electron chi connectivity index (χ1n) is 4.15. The number of nitrogens with one attached hydrogen (secondary N) is 1. The zero-order chi connectivity index (χ0) is 9.61. The summed E-state index contributed by atoms with van der Waals surface area (Å²) in [4.78, 5) is 0. The second-order valence-corrected chi connectivity index (χ2v) is 5.24. The third-order valence-electron chi connectivity index (χ3n) is 1.58. The SMILES string of the molecule is CCS(=O)(=O)CC(C)NCCN. The molecule has 0 amide bonds. The zero-order valence-corrected chi connectivity index (χ0v) is 8.52. The third kappa shape index (κ3) is 5.51. The van der Waals surface area contributed by atoms with Gasteiger partial charge in [0.15, 0.2) is 9.84 Å². The highest BCUT2D eigenvalue weighted by molar-refractivity contribution is 7.91. The van der Waals surface area contributed by atoms with Gasteiger partial charge in [-0.05, 0) is 6.92 Å². The number of hydrogen-bond acceptors (Lipinski definition) is 4. The summed E-state index contributed by atoms with van der Waals surface area (Å²) in [5, 5.41) is 3.02. The molecule has 0 radical (unpaired) electrons. The highest BCUT2D eigenvalue weighted by Crippen LogP contribution is 1.93. The fraction of sp³-hybridized carbons (Fsp3) is 1.00. The van der Waals surface area contributed by atoms with Crippen LogP contribution in [0.25, 0.3) is 0 Å². The molecule has 0 saturated carbocycles. The van der Waals surface area contributed by atoms with E-state index in [2.05, 4.69) is 5.32 Å². The van der Waals surface area contributed by atoms with Crippen molar-refractivity contribution >= 4 is 9.84 Å². The minimum absolute atomic E-state index is 0.00139. The Hall–Kier alpha value is -0.130. The topological polar surface area (TPSA) is 72.2 Å². The van der Waals surface area contributed by atoms with Crippen molar-refractivity contribution in [1.29, 1.82) is 0 Å². The van der Waals surface area contributed by atoms with Crippen molar-refractivity contribution in [2.24, 2.45) is 5.73 Å². The van der Waals surface area contributed by atoms with Gasteiger partial charge in [-0.1, -0.05) is 6.92 Å². The van der Waals surface area contributed by atoms with E-state index < -0.39 is 9.84 Å². The Morgan fingerprint density at radius 3 is 2.50 bits per heavy atom. The standard InChI is InChI=1S/C7H18N2O2S/c1-3-12(10,11)6-7(2)9-5-4-8/h7,9H,3-6,8H2,1-2H3. The molecule has 0 fully saturated rings. The summed E-state index contributed by atoms with van der Waals surface area (Å²) in [6.45, 7) is 4.71. The Morgan fingerprint density at radius 1 is 1.50 bits per heavy atom. The summed E-state index contributed by atoms with van der Waals surface area (Å²) >= 11 is 0. The maximum Gasteiger partial charge on any atom is 0.151 e. The Bertz CT molecular complexity index is 201. The first kappa shape index (κ1) is 11.9. The lowest BCUT2D eigenvalue weighted by atomic mass is 10.4. The maximum absolute atomic E-state index is 11.1. The van der Waals surface area contributed by atoms with E-state index >= 15 is 0 Å². The molecule has 4 nitrogen and oxygen atoms in total. The quantitative estimate of drug-likeness (QED) is 0.590. The monoisotopic (exact) mass is 194 g/mol. The van der Waals surface area contributed by atoms with Gasteiger partial charge in [0, 0.05) is 24.9 Å². The van der Waals surface area contributed by atoms with Gasteiger partial charge in [0.05, 0.1) is 5.75 Å². The predicted molar refractivity (Wildman–Crippen MR) is 50.8 cm³/mol. The second kappa shape index (κ2) is 5.50. The van der Waals surface area contributed by atoms with E-state index in [-0.39, 0.29) is 17.5 Å². The fourth-order valence-corrected chi connectivity index (χ4v) is 2.00. The van der Waals surface area contributed by atoms with Crippen LogP contribution in [-0.2, 0) is 9.84 Å². The molecule has 0 aromatic heterocycles. The number of sulfone groups is 1. The molecule has 3 N–H and O–H groups in total. The second-order valence-electron chi connectivity index (χ2n) is 2.84. The minimum atomic E-state index is -2.85. The molecule has 0 aliphatic carbocycles. The van der Waals surface area contributed by atoms with Gasteiger partial charge in [0.1, 0.15) is 0 Å². The van der Waals surface area contributed by atoms with Crippen molar-refractivity contribution in [3.05, 3.63) is 0 Å². The lowest BCUT2D eigenvalue weighted by molar-refractivity contribution is 0.561. The molecule has 1 atom stereocenters. The molecule has 0 bridgehead atoms. The van der Waals surface area contributed by atoms with E-state index in [0.29, 0.717) is 13.1 Å². The van der Waals surface area contributed by atoms with Crippen LogP contribution < -0.4 is 11.1 Å². The number of hydrogen-bond donors (Lipinski definition) is 2. The zero-order valence-electron chi connectivity index (χ0n) is 7.71. The van der Waals surface area contributed by atoms with Crippen LogP contribution in [0.3, 0.4) is 0 Å². The van der Waals surface area contributed by atoms with Crippen LogP contribution in [0.2, 0.25) is 0 Å². The van der Waals surface area contributed by atoms with E-state index in [4.69, 9.17) is 5.73 Å². The molecule has 0 heterocycles. The van der Waals surface area contributed by atoms with Gasteiger partial charge in [-0.25, -0.2) is 8.42 Å². The van der Waals surface area contributed by atoms with Crippen LogP contribution in [-0.4, -0.2) is 39.1 Å². The van der Waals surface area contributed by atoms with Crippen LogP contribution in [0.5, 0.6) is 0 Å². The minimum Gasteiger partial charge on any atom is -0.329 e. The van der Waals surface area contributed by atoms with Crippen LogP contribution in [0.1, 0.15) is 13.8 Å². The Labute approximate surface area is 74.4 Å². The van der Waals surface area contributed by atoms with E-state index in [1.807, 2.05) is 6.92 Å². The van der Waals surface area contributed by atoms with Crippen LogP contribution in [0.15, 0.2) is 0 Å². The summed E-state index contributed by atoms with van der Waals surface area (Å²) in [5.74, 6) is 0.408. The fourth-order valence-electron chi connectivity index (χ4n) is 0.887. The summed E-state index contributed by atoms with van der Waals surface area (Å²) < 4.78 is 22.2. The van der Waals surface area contributed by atoms with Gasteiger partial charge in [0.2, 0.25) is 0 Å². The smallest absolute Gasteiger partial charge is 0.151 e. The largest absolute Gasteiger partial charge is 0.329 e. The lowest BCUT2D eigenvalue weighted by Crippen LogP contribution is -2.36. The Balaban J connectivity index is 3.76.